The van der Waals surface area contributed by atoms with Gasteiger partial charge in [0.1, 0.15) is 17.3 Å². The van der Waals surface area contributed by atoms with Crippen molar-refractivity contribution in [3.63, 3.8) is 0 Å². The maximum atomic E-state index is 15.3. The summed E-state index contributed by atoms with van der Waals surface area (Å²) >= 11 is 6.04. The summed E-state index contributed by atoms with van der Waals surface area (Å²) in [7, 11) is 1.49. The molecule has 0 saturated heterocycles. The average Bonchev–Trinajstić information content (AvgIpc) is 3.37. The van der Waals surface area contributed by atoms with Crippen LogP contribution in [0, 0.1) is 5.82 Å². The van der Waals surface area contributed by atoms with Gasteiger partial charge in [-0.2, -0.15) is 0 Å². The van der Waals surface area contributed by atoms with Gasteiger partial charge in [0.2, 0.25) is 0 Å². The number of hydrogen-bond acceptors (Lipinski definition) is 5. The van der Waals surface area contributed by atoms with Crippen molar-refractivity contribution in [3.05, 3.63) is 94.4 Å². The smallest absolute Gasteiger partial charge is 0.303 e. The Labute approximate surface area is 242 Å². The van der Waals surface area contributed by atoms with Crippen molar-refractivity contribution in [3.8, 4) is 11.5 Å². The van der Waals surface area contributed by atoms with E-state index >= 15 is 4.39 Å². The summed E-state index contributed by atoms with van der Waals surface area (Å²) in [6.45, 7) is 6.38. The predicted molar refractivity (Wildman–Crippen MR) is 154 cm³/mol. The molecule has 3 aromatic rings. The Hall–Kier alpha value is -3.85. The normalized spacial score (nSPS) is 13.5. The lowest BCUT2D eigenvalue weighted by atomic mass is 10.0. The number of halogens is 4. The van der Waals surface area contributed by atoms with Crippen LogP contribution in [0.5, 0.6) is 11.5 Å². The van der Waals surface area contributed by atoms with E-state index in [1.54, 1.807) is 36.4 Å². The number of nitrogens with zero attached hydrogens (tertiary/aromatic N) is 1. The van der Waals surface area contributed by atoms with Gasteiger partial charge in [0, 0.05) is 70.8 Å². The number of benzene rings is 3. The van der Waals surface area contributed by atoms with Crippen LogP contribution in [0.2, 0.25) is 5.02 Å². The van der Waals surface area contributed by atoms with E-state index in [0.29, 0.717) is 48.0 Å². The number of hydrogen-bond donors (Lipinski definition) is 2. The highest BCUT2D eigenvalue weighted by molar-refractivity contribution is 6.30. The van der Waals surface area contributed by atoms with Crippen LogP contribution in [0.1, 0.15) is 48.9 Å². The van der Waals surface area contributed by atoms with Gasteiger partial charge in [-0.3, -0.25) is 4.79 Å². The molecule has 3 aromatic carbocycles. The molecule has 1 aliphatic heterocycles. The summed E-state index contributed by atoms with van der Waals surface area (Å²) in [5.41, 5.74) is 2.65. The molecule has 10 heteroatoms. The first-order valence-corrected chi connectivity index (χ1v) is 13.6. The number of ether oxygens (including phenoxy) is 2. The highest BCUT2D eigenvalue weighted by atomic mass is 35.5. The first-order chi connectivity index (χ1) is 19.5. The molecule has 218 valence electrons. The Balaban J connectivity index is 1.69. The molecule has 1 heterocycles. The van der Waals surface area contributed by atoms with Crippen molar-refractivity contribution in [2.45, 2.75) is 44.6 Å². The second-order valence-electron chi connectivity index (χ2n) is 9.78. The zero-order valence-corrected chi connectivity index (χ0v) is 23.6. The number of fused-ring (bicyclic) bond motifs is 1. The zero-order chi connectivity index (χ0) is 29.7. The molecule has 0 aliphatic carbocycles. The molecule has 0 aromatic heterocycles. The third-order valence-electron chi connectivity index (χ3n) is 7.03. The third-order valence-corrected chi connectivity index (χ3v) is 7.27. The minimum atomic E-state index is -2.98. The van der Waals surface area contributed by atoms with E-state index in [1.165, 1.54) is 32.2 Å². The maximum Gasteiger partial charge on any atom is 0.303 e. The van der Waals surface area contributed by atoms with E-state index in [0.717, 1.165) is 5.56 Å². The molecule has 0 fully saturated rings. The summed E-state index contributed by atoms with van der Waals surface area (Å²) in [4.78, 5) is 12.7. The van der Waals surface area contributed by atoms with Gasteiger partial charge in [-0.15, -0.1) is 0 Å². The SMILES string of the molecule is C=C(C(Nc1cc(OC)cc(OCCCC(=O)O)c1)c1ccc(Cl)cc1F)N1CCc2ccc(C(F)(F)CC)cc21. The van der Waals surface area contributed by atoms with Crippen molar-refractivity contribution in [2.24, 2.45) is 0 Å². The van der Waals surface area contributed by atoms with Crippen molar-refractivity contribution in [1.82, 2.24) is 0 Å². The van der Waals surface area contributed by atoms with E-state index in [1.807, 2.05) is 4.90 Å². The van der Waals surface area contributed by atoms with Crippen LogP contribution >= 0.6 is 11.6 Å². The van der Waals surface area contributed by atoms with Crippen molar-refractivity contribution in [2.75, 3.05) is 30.5 Å². The highest BCUT2D eigenvalue weighted by Crippen LogP contribution is 2.41. The van der Waals surface area contributed by atoms with Gasteiger partial charge in [-0.25, -0.2) is 13.2 Å². The zero-order valence-electron chi connectivity index (χ0n) is 22.9. The Morgan fingerprint density at radius 2 is 1.93 bits per heavy atom. The van der Waals surface area contributed by atoms with Crippen LogP contribution in [0.3, 0.4) is 0 Å². The van der Waals surface area contributed by atoms with E-state index in [2.05, 4.69) is 11.9 Å². The Morgan fingerprint density at radius 1 is 1.17 bits per heavy atom. The molecule has 0 spiro atoms. The lowest BCUT2D eigenvalue weighted by molar-refractivity contribution is -0.137. The van der Waals surface area contributed by atoms with E-state index in [4.69, 9.17) is 26.2 Å². The molecule has 4 rings (SSSR count). The largest absolute Gasteiger partial charge is 0.497 e. The molecular formula is C31H32ClF3N2O4. The molecule has 0 radical (unpaired) electrons. The van der Waals surface area contributed by atoms with E-state index in [-0.39, 0.29) is 35.6 Å². The van der Waals surface area contributed by atoms with Gasteiger partial charge in [0.15, 0.2) is 0 Å². The monoisotopic (exact) mass is 588 g/mol. The van der Waals surface area contributed by atoms with Crippen LogP contribution in [0.15, 0.2) is 66.9 Å². The average molecular weight is 589 g/mol. The minimum absolute atomic E-state index is 0.0317. The van der Waals surface area contributed by atoms with Crippen LogP contribution in [-0.2, 0) is 17.1 Å². The van der Waals surface area contributed by atoms with Crippen molar-refractivity contribution in [1.29, 1.82) is 0 Å². The fourth-order valence-electron chi connectivity index (χ4n) is 4.78. The van der Waals surface area contributed by atoms with Gasteiger partial charge >= 0.3 is 5.97 Å². The fraction of sp³-hybridized carbons (Fsp3) is 0.323. The Bertz CT molecular complexity index is 1430. The summed E-state index contributed by atoms with van der Waals surface area (Å²) in [6.07, 6.45) is 0.577. The number of anilines is 2. The van der Waals surface area contributed by atoms with Crippen molar-refractivity contribution >= 4 is 28.9 Å². The number of carboxylic acid groups (broad SMARTS) is 1. The first kappa shape index (κ1) is 30.1. The Morgan fingerprint density at radius 3 is 2.61 bits per heavy atom. The molecule has 1 aliphatic rings. The topological polar surface area (TPSA) is 71.0 Å². The molecular weight excluding hydrogens is 557 g/mol. The van der Waals surface area contributed by atoms with Crippen LogP contribution in [0.4, 0.5) is 24.5 Å². The van der Waals surface area contributed by atoms with Crippen LogP contribution in [-0.4, -0.2) is 31.3 Å². The highest BCUT2D eigenvalue weighted by Gasteiger charge is 2.33. The van der Waals surface area contributed by atoms with Crippen LogP contribution in [0.25, 0.3) is 0 Å². The molecule has 0 saturated carbocycles. The summed E-state index contributed by atoms with van der Waals surface area (Å²) < 4.78 is 55.6. The van der Waals surface area contributed by atoms with Gasteiger partial charge < -0.3 is 24.8 Å². The number of methoxy groups -OCH3 is 1. The second-order valence-corrected chi connectivity index (χ2v) is 10.2. The molecule has 1 unspecified atom stereocenters. The molecule has 41 heavy (non-hydrogen) atoms. The number of aliphatic carboxylic acids is 1. The van der Waals surface area contributed by atoms with Gasteiger partial charge in [0.05, 0.1) is 19.8 Å². The fourth-order valence-corrected chi connectivity index (χ4v) is 4.94. The lowest BCUT2D eigenvalue weighted by Gasteiger charge is -2.31. The Kier molecular flexibility index (Phi) is 9.38. The standard InChI is InChI=1S/C31H32ClF3N2O4/c1-4-31(34,35)21-8-7-20-11-12-37(28(20)14-21)19(2)30(26-10-9-22(32)15-27(26)33)36-23-16-24(40-3)18-25(17-23)41-13-5-6-29(38)39/h7-10,14-18,30,36H,2,4-6,11-13H2,1,3H3,(H,38,39). The third kappa shape index (κ3) is 7.08. The minimum Gasteiger partial charge on any atom is -0.497 e. The number of carboxylic acids is 1. The van der Waals surface area contributed by atoms with E-state index < -0.39 is 23.8 Å². The van der Waals surface area contributed by atoms with Gasteiger partial charge in [0.25, 0.3) is 5.92 Å². The molecule has 2 N–H and O–H groups in total. The van der Waals surface area contributed by atoms with Gasteiger partial charge in [-0.1, -0.05) is 43.3 Å². The molecule has 6 nitrogen and oxygen atoms in total. The maximum absolute atomic E-state index is 15.3. The quantitative estimate of drug-likeness (QED) is 0.197. The van der Waals surface area contributed by atoms with E-state index in [9.17, 15) is 13.6 Å². The van der Waals surface area contributed by atoms with Gasteiger partial charge in [-0.05, 0) is 36.6 Å². The predicted octanol–water partition coefficient (Wildman–Crippen LogP) is 7.96. The number of carbonyl (C=O) groups is 1. The first-order valence-electron chi connectivity index (χ1n) is 13.2. The van der Waals surface area contributed by atoms with Crippen LogP contribution < -0.4 is 19.7 Å². The molecule has 1 atom stereocenters. The molecule has 0 bridgehead atoms. The lowest BCUT2D eigenvalue weighted by Crippen LogP contribution is -2.28. The summed E-state index contributed by atoms with van der Waals surface area (Å²) in [5, 5.41) is 12.4. The van der Waals surface area contributed by atoms with Crippen molar-refractivity contribution < 1.29 is 32.5 Å². The number of nitrogens with one attached hydrogen (secondary N) is 1. The number of alkyl halides is 2. The second kappa shape index (κ2) is 12.8. The molecule has 0 amide bonds. The summed E-state index contributed by atoms with van der Waals surface area (Å²) in [5.74, 6) is -3.57. The summed E-state index contributed by atoms with van der Waals surface area (Å²) in [6, 6.07) is 13.2. The number of rotatable bonds is 13.